The summed E-state index contributed by atoms with van der Waals surface area (Å²) in [6, 6.07) is 4.00. The number of aromatic nitrogens is 1. The van der Waals surface area contributed by atoms with Crippen LogP contribution in [0.25, 0.3) is 0 Å². The van der Waals surface area contributed by atoms with Gasteiger partial charge in [0, 0.05) is 31.9 Å². The van der Waals surface area contributed by atoms with Crippen LogP contribution in [-0.4, -0.2) is 29.4 Å². The quantitative estimate of drug-likeness (QED) is 0.773. The van der Waals surface area contributed by atoms with E-state index in [0.29, 0.717) is 11.8 Å². The maximum atomic E-state index is 11.9. The fourth-order valence-electron chi connectivity index (χ4n) is 1.92. The SMILES string of the molecule is CN(CCc1ccncc1)C(=O)C1CCC1. The predicted octanol–water partition coefficient (Wildman–Crippen LogP) is 1.88. The molecule has 0 aromatic carbocycles. The van der Waals surface area contributed by atoms with Gasteiger partial charge in [-0.15, -0.1) is 0 Å². The molecule has 0 radical (unpaired) electrons. The predicted molar refractivity (Wildman–Crippen MR) is 62.9 cm³/mol. The largest absolute Gasteiger partial charge is 0.345 e. The van der Waals surface area contributed by atoms with Crippen LogP contribution in [0.5, 0.6) is 0 Å². The summed E-state index contributed by atoms with van der Waals surface area (Å²) < 4.78 is 0. The van der Waals surface area contributed by atoms with Crippen molar-refractivity contribution in [3.63, 3.8) is 0 Å². The highest BCUT2D eigenvalue weighted by Crippen LogP contribution is 2.27. The fraction of sp³-hybridized carbons (Fsp3) is 0.538. The van der Waals surface area contributed by atoms with Crippen LogP contribution in [0, 0.1) is 5.92 Å². The maximum absolute atomic E-state index is 11.9. The van der Waals surface area contributed by atoms with Crippen LogP contribution in [0.15, 0.2) is 24.5 Å². The lowest BCUT2D eigenvalue weighted by Gasteiger charge is -2.29. The first-order valence-corrected chi connectivity index (χ1v) is 5.91. The summed E-state index contributed by atoms with van der Waals surface area (Å²) in [5, 5.41) is 0. The van der Waals surface area contributed by atoms with E-state index in [1.807, 2.05) is 24.1 Å². The van der Waals surface area contributed by atoms with Crippen LogP contribution < -0.4 is 0 Å². The third-order valence-corrected chi connectivity index (χ3v) is 3.32. The van der Waals surface area contributed by atoms with Gasteiger partial charge in [-0.2, -0.15) is 0 Å². The van der Waals surface area contributed by atoms with Crippen molar-refractivity contribution in [2.75, 3.05) is 13.6 Å². The van der Waals surface area contributed by atoms with Crippen molar-refractivity contribution < 1.29 is 4.79 Å². The second-order valence-corrected chi connectivity index (χ2v) is 4.49. The van der Waals surface area contributed by atoms with E-state index in [2.05, 4.69) is 4.98 Å². The van der Waals surface area contributed by atoms with Gasteiger partial charge in [0.25, 0.3) is 0 Å². The molecule has 3 heteroatoms. The molecule has 86 valence electrons. The Morgan fingerprint density at radius 2 is 2.12 bits per heavy atom. The summed E-state index contributed by atoms with van der Waals surface area (Å²) in [5.41, 5.74) is 1.24. The van der Waals surface area contributed by atoms with Crippen molar-refractivity contribution >= 4 is 5.91 Å². The standard InChI is InChI=1S/C13H18N2O/c1-15(13(16)12-3-2-4-12)10-7-11-5-8-14-9-6-11/h5-6,8-9,12H,2-4,7,10H2,1H3. The van der Waals surface area contributed by atoms with Gasteiger partial charge in [0.05, 0.1) is 0 Å². The van der Waals surface area contributed by atoms with Gasteiger partial charge < -0.3 is 4.90 Å². The first-order valence-electron chi connectivity index (χ1n) is 5.91. The van der Waals surface area contributed by atoms with Crippen molar-refractivity contribution in [1.29, 1.82) is 0 Å². The highest BCUT2D eigenvalue weighted by Gasteiger charge is 2.27. The summed E-state index contributed by atoms with van der Waals surface area (Å²) in [6.07, 6.45) is 7.88. The van der Waals surface area contributed by atoms with Gasteiger partial charge in [-0.1, -0.05) is 6.42 Å². The highest BCUT2D eigenvalue weighted by atomic mass is 16.2. The van der Waals surface area contributed by atoms with Crippen LogP contribution >= 0.6 is 0 Å². The Kier molecular flexibility index (Phi) is 3.54. The average Bonchev–Trinajstić information content (AvgIpc) is 2.25. The van der Waals surface area contributed by atoms with E-state index in [4.69, 9.17) is 0 Å². The molecule has 1 aromatic rings. The Bertz CT molecular complexity index is 346. The van der Waals surface area contributed by atoms with Crippen molar-refractivity contribution in [1.82, 2.24) is 9.88 Å². The summed E-state index contributed by atoms with van der Waals surface area (Å²) in [5.74, 6) is 0.628. The van der Waals surface area contributed by atoms with E-state index in [-0.39, 0.29) is 0 Å². The van der Waals surface area contributed by atoms with Crippen LogP contribution in [0.3, 0.4) is 0 Å². The van der Waals surface area contributed by atoms with Crippen LogP contribution in [-0.2, 0) is 11.2 Å². The topological polar surface area (TPSA) is 33.2 Å². The van der Waals surface area contributed by atoms with Crippen molar-refractivity contribution in [2.45, 2.75) is 25.7 Å². The number of carbonyl (C=O) groups excluding carboxylic acids is 1. The van der Waals surface area contributed by atoms with Gasteiger partial charge in [0.1, 0.15) is 0 Å². The average molecular weight is 218 g/mol. The number of amides is 1. The minimum atomic E-state index is 0.308. The third-order valence-electron chi connectivity index (χ3n) is 3.32. The molecule has 0 N–H and O–H groups in total. The van der Waals surface area contributed by atoms with Crippen LogP contribution in [0.2, 0.25) is 0 Å². The lowest BCUT2D eigenvalue weighted by atomic mass is 9.84. The molecule has 0 aliphatic heterocycles. The van der Waals surface area contributed by atoms with Crippen molar-refractivity contribution in [2.24, 2.45) is 5.92 Å². The number of likely N-dealkylation sites (N-methyl/N-ethyl adjacent to an activating group) is 1. The smallest absolute Gasteiger partial charge is 0.225 e. The molecule has 0 spiro atoms. The molecular weight excluding hydrogens is 200 g/mol. The van der Waals surface area contributed by atoms with E-state index in [1.165, 1.54) is 12.0 Å². The third kappa shape index (κ3) is 2.60. The molecule has 1 aliphatic rings. The first kappa shape index (κ1) is 11.1. The van der Waals surface area contributed by atoms with Crippen molar-refractivity contribution in [3.8, 4) is 0 Å². The second-order valence-electron chi connectivity index (χ2n) is 4.49. The zero-order chi connectivity index (χ0) is 11.4. The van der Waals surface area contributed by atoms with E-state index < -0.39 is 0 Å². The Morgan fingerprint density at radius 1 is 1.44 bits per heavy atom. The molecule has 1 saturated carbocycles. The first-order chi connectivity index (χ1) is 7.77. The molecule has 1 heterocycles. The molecule has 3 nitrogen and oxygen atoms in total. The molecule has 0 unspecified atom stereocenters. The minimum Gasteiger partial charge on any atom is -0.345 e. The number of nitrogens with zero attached hydrogens (tertiary/aromatic N) is 2. The van der Waals surface area contributed by atoms with Crippen LogP contribution in [0.4, 0.5) is 0 Å². The number of pyridine rings is 1. The molecule has 0 atom stereocenters. The van der Waals surface area contributed by atoms with Gasteiger partial charge in [0.15, 0.2) is 0 Å². The molecule has 16 heavy (non-hydrogen) atoms. The summed E-state index contributed by atoms with van der Waals surface area (Å²) >= 11 is 0. The Labute approximate surface area is 96.5 Å². The molecule has 0 bridgehead atoms. The summed E-state index contributed by atoms with van der Waals surface area (Å²) in [4.78, 5) is 17.7. The van der Waals surface area contributed by atoms with Crippen LogP contribution in [0.1, 0.15) is 24.8 Å². The summed E-state index contributed by atoms with van der Waals surface area (Å²) in [6.45, 7) is 0.805. The zero-order valence-electron chi connectivity index (χ0n) is 9.72. The van der Waals surface area contributed by atoms with Gasteiger partial charge in [-0.25, -0.2) is 0 Å². The lowest BCUT2D eigenvalue weighted by Crippen LogP contribution is -2.37. The normalized spacial score (nSPS) is 15.6. The number of rotatable bonds is 4. The fourth-order valence-corrected chi connectivity index (χ4v) is 1.92. The van der Waals surface area contributed by atoms with Gasteiger partial charge in [-0.3, -0.25) is 9.78 Å². The molecule has 2 rings (SSSR count). The van der Waals surface area contributed by atoms with E-state index >= 15 is 0 Å². The maximum Gasteiger partial charge on any atom is 0.225 e. The zero-order valence-corrected chi connectivity index (χ0v) is 9.72. The Hall–Kier alpha value is -1.38. The van der Waals surface area contributed by atoms with E-state index in [0.717, 1.165) is 25.8 Å². The Balaban J connectivity index is 1.79. The van der Waals surface area contributed by atoms with Crippen molar-refractivity contribution in [3.05, 3.63) is 30.1 Å². The molecule has 1 aliphatic carbocycles. The van der Waals surface area contributed by atoms with E-state index in [9.17, 15) is 4.79 Å². The van der Waals surface area contributed by atoms with E-state index in [1.54, 1.807) is 12.4 Å². The highest BCUT2D eigenvalue weighted by molar-refractivity contribution is 5.79. The summed E-state index contributed by atoms with van der Waals surface area (Å²) in [7, 11) is 1.90. The second kappa shape index (κ2) is 5.10. The van der Waals surface area contributed by atoms with Gasteiger partial charge in [0.2, 0.25) is 5.91 Å². The Morgan fingerprint density at radius 3 is 2.69 bits per heavy atom. The monoisotopic (exact) mass is 218 g/mol. The molecule has 1 amide bonds. The lowest BCUT2D eigenvalue weighted by molar-refractivity contribution is -0.136. The minimum absolute atomic E-state index is 0.308. The number of carbonyl (C=O) groups is 1. The molecular formula is C13H18N2O. The van der Waals surface area contributed by atoms with Gasteiger partial charge >= 0.3 is 0 Å². The molecule has 0 saturated heterocycles. The number of hydrogen-bond acceptors (Lipinski definition) is 2. The molecule has 1 fully saturated rings. The number of hydrogen-bond donors (Lipinski definition) is 0. The van der Waals surface area contributed by atoms with Gasteiger partial charge in [-0.05, 0) is 37.0 Å². The molecule has 1 aromatic heterocycles.